The first-order valence-corrected chi connectivity index (χ1v) is 5.63. The molecule has 1 N–H and O–H groups in total. The summed E-state index contributed by atoms with van der Waals surface area (Å²) in [6.45, 7) is 2.69. The van der Waals surface area contributed by atoms with Crippen molar-refractivity contribution in [2.24, 2.45) is 0 Å². The van der Waals surface area contributed by atoms with E-state index >= 15 is 0 Å². The van der Waals surface area contributed by atoms with Crippen LogP contribution in [0.25, 0.3) is 0 Å². The van der Waals surface area contributed by atoms with Crippen molar-refractivity contribution >= 4 is 11.6 Å². The summed E-state index contributed by atoms with van der Waals surface area (Å²) in [7, 11) is 0. The Labute approximate surface area is 100 Å². The van der Waals surface area contributed by atoms with Gasteiger partial charge in [0.25, 0.3) is 0 Å². The monoisotopic (exact) mass is 235 g/mol. The molecule has 0 spiro atoms. The van der Waals surface area contributed by atoms with Gasteiger partial charge in [-0.1, -0.05) is 23.7 Å². The zero-order valence-corrected chi connectivity index (χ0v) is 9.69. The fourth-order valence-corrected chi connectivity index (χ4v) is 1.72. The molecule has 0 radical (unpaired) electrons. The molecule has 0 amide bonds. The molecule has 16 heavy (non-hydrogen) atoms. The molecular formula is C12H14ClN3. The highest BCUT2D eigenvalue weighted by Crippen LogP contribution is 2.09. The van der Waals surface area contributed by atoms with Crippen LogP contribution in [-0.4, -0.2) is 16.1 Å². The molecule has 1 aromatic carbocycles. The molecule has 0 atom stereocenters. The minimum absolute atomic E-state index is 0.786. The quantitative estimate of drug-likeness (QED) is 0.807. The van der Waals surface area contributed by atoms with E-state index in [9.17, 15) is 0 Å². The van der Waals surface area contributed by atoms with Crippen LogP contribution < -0.4 is 5.32 Å². The smallest absolute Gasteiger partial charge is 0.0946 e. The van der Waals surface area contributed by atoms with E-state index < -0.39 is 0 Å². The maximum Gasteiger partial charge on any atom is 0.0946 e. The molecule has 1 heterocycles. The van der Waals surface area contributed by atoms with Gasteiger partial charge >= 0.3 is 0 Å². The van der Waals surface area contributed by atoms with Crippen molar-refractivity contribution in [3.63, 3.8) is 0 Å². The van der Waals surface area contributed by atoms with Gasteiger partial charge in [-0.2, -0.15) is 0 Å². The number of benzene rings is 1. The zero-order chi connectivity index (χ0) is 11.2. The molecule has 0 aliphatic carbocycles. The van der Waals surface area contributed by atoms with Crippen molar-refractivity contribution in [1.82, 2.24) is 14.9 Å². The summed E-state index contributed by atoms with van der Waals surface area (Å²) in [6, 6.07) is 7.90. The number of nitrogens with zero attached hydrogens (tertiary/aromatic N) is 2. The Hall–Kier alpha value is -1.32. The lowest BCUT2D eigenvalue weighted by molar-refractivity contribution is 0.597. The Morgan fingerprint density at radius 2 is 2.31 bits per heavy atom. The Kier molecular flexibility index (Phi) is 3.97. The van der Waals surface area contributed by atoms with Crippen LogP contribution >= 0.6 is 11.6 Å². The van der Waals surface area contributed by atoms with Crippen molar-refractivity contribution in [3.8, 4) is 0 Å². The molecule has 0 aliphatic rings. The van der Waals surface area contributed by atoms with Gasteiger partial charge in [0.05, 0.1) is 6.33 Å². The van der Waals surface area contributed by atoms with Gasteiger partial charge in [-0.15, -0.1) is 0 Å². The fourth-order valence-electron chi connectivity index (χ4n) is 1.51. The van der Waals surface area contributed by atoms with E-state index in [0.717, 1.165) is 24.7 Å². The van der Waals surface area contributed by atoms with Crippen molar-refractivity contribution in [2.45, 2.75) is 13.1 Å². The van der Waals surface area contributed by atoms with Gasteiger partial charge in [0, 0.05) is 37.1 Å². The van der Waals surface area contributed by atoms with Gasteiger partial charge in [-0.05, 0) is 17.7 Å². The molecule has 0 unspecified atom stereocenters. The standard InChI is InChI=1S/C12H14ClN3/c13-12-3-1-2-11(8-12)9-14-4-6-16-7-5-15-10-16/h1-3,5,7-8,10,14H,4,6,9H2. The highest BCUT2D eigenvalue weighted by molar-refractivity contribution is 6.30. The average molecular weight is 236 g/mol. The Bertz CT molecular complexity index is 426. The molecular weight excluding hydrogens is 222 g/mol. The number of hydrogen-bond acceptors (Lipinski definition) is 2. The first-order valence-electron chi connectivity index (χ1n) is 5.25. The van der Waals surface area contributed by atoms with Crippen LogP contribution in [0, 0.1) is 0 Å². The topological polar surface area (TPSA) is 29.9 Å². The molecule has 0 saturated carbocycles. The maximum atomic E-state index is 5.90. The number of hydrogen-bond donors (Lipinski definition) is 1. The summed E-state index contributed by atoms with van der Waals surface area (Å²) >= 11 is 5.90. The maximum absolute atomic E-state index is 5.90. The SMILES string of the molecule is Clc1cccc(CNCCn2ccnc2)c1. The number of imidazole rings is 1. The molecule has 2 aromatic rings. The zero-order valence-electron chi connectivity index (χ0n) is 8.94. The molecule has 1 aromatic heterocycles. The third-order valence-corrected chi connectivity index (χ3v) is 2.56. The number of rotatable bonds is 5. The van der Waals surface area contributed by atoms with Crippen LogP contribution in [0.4, 0.5) is 0 Å². The van der Waals surface area contributed by atoms with Gasteiger partial charge < -0.3 is 9.88 Å². The van der Waals surface area contributed by atoms with Gasteiger partial charge in [-0.25, -0.2) is 4.98 Å². The second-order valence-electron chi connectivity index (χ2n) is 3.61. The van der Waals surface area contributed by atoms with Crippen LogP contribution in [-0.2, 0) is 13.1 Å². The highest BCUT2D eigenvalue weighted by atomic mass is 35.5. The van der Waals surface area contributed by atoms with Crippen LogP contribution in [0.1, 0.15) is 5.56 Å². The van der Waals surface area contributed by atoms with Crippen molar-refractivity contribution in [2.75, 3.05) is 6.54 Å². The Balaban J connectivity index is 1.72. The van der Waals surface area contributed by atoms with Gasteiger partial charge in [-0.3, -0.25) is 0 Å². The summed E-state index contributed by atoms with van der Waals surface area (Å²) in [6.07, 6.45) is 5.57. The van der Waals surface area contributed by atoms with Crippen LogP contribution in [0.15, 0.2) is 43.0 Å². The van der Waals surface area contributed by atoms with E-state index in [4.69, 9.17) is 11.6 Å². The molecule has 0 bridgehead atoms. The predicted octanol–water partition coefficient (Wildman–Crippen LogP) is 2.33. The summed E-state index contributed by atoms with van der Waals surface area (Å²) in [4.78, 5) is 3.99. The molecule has 4 heteroatoms. The fraction of sp³-hybridized carbons (Fsp3) is 0.250. The molecule has 2 rings (SSSR count). The molecule has 0 fully saturated rings. The second kappa shape index (κ2) is 5.68. The summed E-state index contributed by atoms with van der Waals surface area (Å²) in [5.41, 5.74) is 1.21. The van der Waals surface area contributed by atoms with E-state index in [1.165, 1.54) is 5.56 Å². The van der Waals surface area contributed by atoms with Crippen LogP contribution in [0.5, 0.6) is 0 Å². The summed E-state index contributed by atoms with van der Waals surface area (Å²) in [5.74, 6) is 0. The van der Waals surface area contributed by atoms with Gasteiger partial charge in [0.15, 0.2) is 0 Å². The first kappa shape index (κ1) is 11.2. The predicted molar refractivity (Wildman–Crippen MR) is 65.4 cm³/mol. The lowest BCUT2D eigenvalue weighted by Gasteiger charge is -2.05. The first-order chi connectivity index (χ1) is 7.84. The molecule has 0 saturated heterocycles. The van der Waals surface area contributed by atoms with Crippen molar-refractivity contribution < 1.29 is 0 Å². The minimum atomic E-state index is 0.786. The lowest BCUT2D eigenvalue weighted by Crippen LogP contribution is -2.18. The van der Waals surface area contributed by atoms with E-state index in [0.29, 0.717) is 0 Å². The van der Waals surface area contributed by atoms with Crippen LogP contribution in [0.2, 0.25) is 5.02 Å². The number of halogens is 1. The summed E-state index contributed by atoms with van der Waals surface area (Å²) in [5, 5.41) is 4.15. The van der Waals surface area contributed by atoms with Gasteiger partial charge in [0.1, 0.15) is 0 Å². The average Bonchev–Trinajstić information content (AvgIpc) is 2.77. The van der Waals surface area contributed by atoms with E-state index in [1.54, 1.807) is 6.20 Å². The minimum Gasteiger partial charge on any atom is -0.336 e. The Morgan fingerprint density at radius 3 is 3.06 bits per heavy atom. The van der Waals surface area contributed by atoms with E-state index in [2.05, 4.69) is 16.4 Å². The number of aromatic nitrogens is 2. The van der Waals surface area contributed by atoms with E-state index in [-0.39, 0.29) is 0 Å². The largest absolute Gasteiger partial charge is 0.336 e. The van der Waals surface area contributed by atoms with Crippen LogP contribution in [0.3, 0.4) is 0 Å². The normalized spacial score (nSPS) is 10.6. The highest BCUT2D eigenvalue weighted by Gasteiger charge is 1.94. The number of nitrogens with one attached hydrogen (secondary N) is 1. The van der Waals surface area contributed by atoms with Crippen molar-refractivity contribution in [1.29, 1.82) is 0 Å². The third-order valence-electron chi connectivity index (χ3n) is 2.32. The Morgan fingerprint density at radius 1 is 1.38 bits per heavy atom. The third kappa shape index (κ3) is 3.36. The second-order valence-corrected chi connectivity index (χ2v) is 4.04. The van der Waals surface area contributed by atoms with Gasteiger partial charge in [0.2, 0.25) is 0 Å². The van der Waals surface area contributed by atoms with Crippen molar-refractivity contribution in [3.05, 3.63) is 53.6 Å². The summed E-state index contributed by atoms with van der Waals surface area (Å²) < 4.78 is 2.05. The molecule has 84 valence electrons. The molecule has 0 aliphatic heterocycles. The molecule has 3 nitrogen and oxygen atoms in total. The van der Waals surface area contributed by atoms with E-state index in [1.807, 2.05) is 35.3 Å². The lowest BCUT2D eigenvalue weighted by atomic mass is 10.2.